The Balaban J connectivity index is 2.09. The molecule has 0 spiro atoms. The average Bonchev–Trinajstić information content (AvgIpc) is 2.93. The first-order valence-electron chi connectivity index (χ1n) is 5.63. The molecule has 0 bridgehead atoms. The molecule has 0 saturated heterocycles. The number of nitrogens with two attached hydrogens (primary N) is 1. The van der Waals surface area contributed by atoms with Gasteiger partial charge in [-0.3, -0.25) is 0 Å². The predicted octanol–water partition coefficient (Wildman–Crippen LogP) is 1.19. The van der Waals surface area contributed by atoms with Gasteiger partial charge in [-0.2, -0.15) is 9.97 Å². The predicted molar refractivity (Wildman–Crippen MR) is 66.5 cm³/mol. The van der Waals surface area contributed by atoms with E-state index in [1.165, 1.54) is 6.42 Å². The van der Waals surface area contributed by atoms with Crippen molar-refractivity contribution in [3.63, 3.8) is 0 Å². The molecule has 1 fully saturated rings. The Kier molecular flexibility index (Phi) is 2.85. The van der Waals surface area contributed by atoms with Crippen LogP contribution in [0.4, 0.5) is 17.6 Å². The van der Waals surface area contributed by atoms with Gasteiger partial charge in [0, 0.05) is 26.7 Å². The van der Waals surface area contributed by atoms with Gasteiger partial charge in [0.05, 0.1) is 0 Å². The zero-order valence-electron chi connectivity index (χ0n) is 10.1. The van der Waals surface area contributed by atoms with E-state index in [4.69, 9.17) is 5.73 Å². The second-order valence-corrected chi connectivity index (χ2v) is 4.57. The van der Waals surface area contributed by atoms with Crippen LogP contribution in [0.1, 0.15) is 13.3 Å². The molecule has 5 heteroatoms. The maximum absolute atomic E-state index is 5.66. The lowest BCUT2D eigenvalue weighted by Gasteiger charge is -2.18. The van der Waals surface area contributed by atoms with Crippen molar-refractivity contribution in [2.75, 3.05) is 36.6 Å². The molecule has 1 aromatic heterocycles. The zero-order chi connectivity index (χ0) is 11.7. The molecule has 2 rings (SSSR count). The topological polar surface area (TPSA) is 67.1 Å². The minimum Gasteiger partial charge on any atom is -0.373 e. The summed E-state index contributed by atoms with van der Waals surface area (Å²) < 4.78 is 0. The van der Waals surface area contributed by atoms with E-state index in [1.54, 1.807) is 0 Å². The Bertz CT molecular complexity index is 379. The highest BCUT2D eigenvalue weighted by Crippen LogP contribution is 2.38. The first kappa shape index (κ1) is 11.0. The van der Waals surface area contributed by atoms with Crippen molar-refractivity contribution in [3.8, 4) is 0 Å². The molecule has 0 aliphatic heterocycles. The standard InChI is InChI=1S/C11H19N5/c1-7-4-8(7)6-16(3)10-5-9(13-2)14-11(12)15-10/h5,7-8H,4,6H2,1-3H3,(H3,12,13,14,15). The van der Waals surface area contributed by atoms with Crippen LogP contribution < -0.4 is 16.0 Å². The number of hydrogen-bond donors (Lipinski definition) is 2. The van der Waals surface area contributed by atoms with E-state index < -0.39 is 0 Å². The smallest absolute Gasteiger partial charge is 0.223 e. The number of aromatic nitrogens is 2. The van der Waals surface area contributed by atoms with Gasteiger partial charge in [0.25, 0.3) is 0 Å². The summed E-state index contributed by atoms with van der Waals surface area (Å²) in [5, 5.41) is 2.98. The molecule has 0 aromatic carbocycles. The number of nitrogens with one attached hydrogen (secondary N) is 1. The summed E-state index contributed by atoms with van der Waals surface area (Å²) in [5.74, 6) is 3.62. The monoisotopic (exact) mass is 221 g/mol. The van der Waals surface area contributed by atoms with E-state index in [-0.39, 0.29) is 0 Å². The molecular weight excluding hydrogens is 202 g/mol. The van der Waals surface area contributed by atoms with Crippen LogP contribution in [0.15, 0.2) is 6.07 Å². The molecule has 5 nitrogen and oxygen atoms in total. The molecule has 1 aromatic rings. The summed E-state index contributed by atoms with van der Waals surface area (Å²) in [5.41, 5.74) is 5.66. The highest BCUT2D eigenvalue weighted by atomic mass is 15.2. The minimum absolute atomic E-state index is 0.317. The maximum atomic E-state index is 5.66. The van der Waals surface area contributed by atoms with Gasteiger partial charge in [0.15, 0.2) is 0 Å². The number of nitrogen functional groups attached to an aromatic ring is 1. The Morgan fingerprint density at radius 2 is 2.25 bits per heavy atom. The molecule has 2 atom stereocenters. The summed E-state index contributed by atoms with van der Waals surface area (Å²) in [6.07, 6.45) is 1.32. The van der Waals surface area contributed by atoms with Crippen LogP contribution in [0.2, 0.25) is 0 Å². The summed E-state index contributed by atoms with van der Waals surface area (Å²) in [4.78, 5) is 10.5. The summed E-state index contributed by atoms with van der Waals surface area (Å²) >= 11 is 0. The Morgan fingerprint density at radius 3 is 2.81 bits per heavy atom. The third-order valence-corrected chi connectivity index (χ3v) is 3.16. The van der Waals surface area contributed by atoms with Gasteiger partial charge in [0.2, 0.25) is 5.95 Å². The van der Waals surface area contributed by atoms with E-state index in [0.29, 0.717) is 5.95 Å². The molecule has 0 radical (unpaired) electrons. The van der Waals surface area contributed by atoms with E-state index in [9.17, 15) is 0 Å². The lowest BCUT2D eigenvalue weighted by Crippen LogP contribution is -2.22. The molecule has 2 unspecified atom stereocenters. The van der Waals surface area contributed by atoms with Crippen molar-refractivity contribution < 1.29 is 0 Å². The molecule has 1 heterocycles. The van der Waals surface area contributed by atoms with Crippen molar-refractivity contribution in [2.45, 2.75) is 13.3 Å². The van der Waals surface area contributed by atoms with Crippen molar-refractivity contribution >= 4 is 17.6 Å². The summed E-state index contributed by atoms with van der Waals surface area (Å²) in [6.45, 7) is 3.33. The van der Waals surface area contributed by atoms with Gasteiger partial charge in [0.1, 0.15) is 11.6 Å². The number of hydrogen-bond acceptors (Lipinski definition) is 5. The molecule has 0 amide bonds. The van der Waals surface area contributed by atoms with Crippen molar-refractivity contribution in [1.82, 2.24) is 9.97 Å². The quantitative estimate of drug-likeness (QED) is 0.799. The largest absolute Gasteiger partial charge is 0.373 e. The van der Waals surface area contributed by atoms with Gasteiger partial charge < -0.3 is 16.0 Å². The van der Waals surface area contributed by atoms with Crippen molar-refractivity contribution in [3.05, 3.63) is 6.07 Å². The number of rotatable bonds is 4. The average molecular weight is 221 g/mol. The molecule has 1 aliphatic carbocycles. The van der Waals surface area contributed by atoms with Gasteiger partial charge >= 0.3 is 0 Å². The Hall–Kier alpha value is -1.52. The van der Waals surface area contributed by atoms with Crippen molar-refractivity contribution in [1.29, 1.82) is 0 Å². The second kappa shape index (κ2) is 4.15. The van der Waals surface area contributed by atoms with Crippen molar-refractivity contribution in [2.24, 2.45) is 11.8 Å². The molecule has 88 valence electrons. The first-order valence-corrected chi connectivity index (χ1v) is 5.63. The van der Waals surface area contributed by atoms with Crippen LogP contribution >= 0.6 is 0 Å². The van der Waals surface area contributed by atoms with Crippen LogP contribution in [0.25, 0.3) is 0 Å². The third-order valence-electron chi connectivity index (χ3n) is 3.16. The third kappa shape index (κ3) is 2.35. The molecule has 1 saturated carbocycles. The first-order chi connectivity index (χ1) is 7.60. The fourth-order valence-corrected chi connectivity index (χ4v) is 1.87. The van der Waals surface area contributed by atoms with E-state index in [1.807, 2.05) is 20.2 Å². The lowest BCUT2D eigenvalue weighted by molar-refractivity contribution is 0.719. The van der Waals surface area contributed by atoms with Crippen LogP contribution in [-0.2, 0) is 0 Å². The van der Waals surface area contributed by atoms with Crippen LogP contribution in [0.3, 0.4) is 0 Å². The van der Waals surface area contributed by atoms with E-state index >= 15 is 0 Å². The normalized spacial score (nSPS) is 22.9. The lowest BCUT2D eigenvalue weighted by atomic mass is 10.3. The number of anilines is 3. The fourth-order valence-electron chi connectivity index (χ4n) is 1.87. The Morgan fingerprint density at radius 1 is 1.56 bits per heavy atom. The second-order valence-electron chi connectivity index (χ2n) is 4.57. The summed E-state index contributed by atoms with van der Waals surface area (Å²) in [6, 6.07) is 1.92. The number of nitrogens with zero attached hydrogens (tertiary/aromatic N) is 3. The highest BCUT2D eigenvalue weighted by Gasteiger charge is 2.33. The van der Waals surface area contributed by atoms with E-state index in [2.05, 4.69) is 27.1 Å². The summed E-state index contributed by atoms with van der Waals surface area (Å²) in [7, 11) is 3.88. The van der Waals surface area contributed by atoms with Gasteiger partial charge in [-0.15, -0.1) is 0 Å². The minimum atomic E-state index is 0.317. The van der Waals surface area contributed by atoms with E-state index in [0.717, 1.165) is 30.0 Å². The Labute approximate surface area is 96.1 Å². The van der Waals surface area contributed by atoms with Crippen LogP contribution in [0.5, 0.6) is 0 Å². The van der Waals surface area contributed by atoms with Gasteiger partial charge in [-0.05, 0) is 18.3 Å². The molecular formula is C11H19N5. The van der Waals surface area contributed by atoms with Crippen LogP contribution in [-0.4, -0.2) is 30.6 Å². The maximum Gasteiger partial charge on any atom is 0.223 e. The van der Waals surface area contributed by atoms with Crippen LogP contribution in [0, 0.1) is 11.8 Å². The van der Waals surface area contributed by atoms with Gasteiger partial charge in [-0.25, -0.2) is 0 Å². The highest BCUT2D eigenvalue weighted by molar-refractivity contribution is 5.52. The molecule has 16 heavy (non-hydrogen) atoms. The van der Waals surface area contributed by atoms with Gasteiger partial charge in [-0.1, -0.05) is 6.92 Å². The molecule has 1 aliphatic rings. The fraction of sp³-hybridized carbons (Fsp3) is 0.636. The molecule has 3 N–H and O–H groups in total. The zero-order valence-corrected chi connectivity index (χ0v) is 10.1. The SMILES string of the molecule is CNc1cc(N(C)CC2CC2C)nc(N)n1.